The van der Waals surface area contributed by atoms with Crippen molar-refractivity contribution in [3.8, 4) is 0 Å². The van der Waals surface area contributed by atoms with Crippen LogP contribution in [0.1, 0.15) is 49.1 Å². The molecule has 0 unspecified atom stereocenters. The molecule has 2 N–H and O–H groups in total. The van der Waals surface area contributed by atoms with Crippen molar-refractivity contribution >= 4 is 5.91 Å². The number of carbonyl (C=O) groups is 1. The minimum atomic E-state index is -0.578. The van der Waals surface area contributed by atoms with Crippen LogP contribution >= 0.6 is 0 Å². The first kappa shape index (κ1) is 12.7. The van der Waals surface area contributed by atoms with Crippen molar-refractivity contribution in [3.63, 3.8) is 0 Å². The minimum Gasteiger partial charge on any atom is -0.378 e. The van der Waals surface area contributed by atoms with Crippen LogP contribution in [0.5, 0.6) is 0 Å². The average molecular weight is 259 g/mol. The quantitative estimate of drug-likeness (QED) is 0.906. The van der Waals surface area contributed by atoms with E-state index in [0.717, 1.165) is 5.56 Å². The first-order chi connectivity index (χ1) is 9.22. The van der Waals surface area contributed by atoms with E-state index in [9.17, 15) is 4.79 Å². The van der Waals surface area contributed by atoms with Gasteiger partial charge in [0.2, 0.25) is 5.91 Å². The summed E-state index contributed by atoms with van der Waals surface area (Å²) >= 11 is 0. The van der Waals surface area contributed by atoms with Gasteiger partial charge in [0.25, 0.3) is 0 Å². The first-order valence-corrected chi connectivity index (χ1v) is 7.20. The van der Waals surface area contributed by atoms with E-state index in [0.29, 0.717) is 19.1 Å². The highest BCUT2D eigenvalue weighted by atomic mass is 16.5. The summed E-state index contributed by atoms with van der Waals surface area (Å²) in [7, 11) is 0. The number of primary amides is 1. The molecule has 0 atom stereocenters. The maximum Gasteiger partial charge on any atom is 0.232 e. The van der Waals surface area contributed by atoms with Crippen molar-refractivity contribution in [1.29, 1.82) is 0 Å². The zero-order chi connectivity index (χ0) is 13.3. The predicted octanol–water partition coefficient (Wildman–Crippen LogP) is 2.49. The van der Waals surface area contributed by atoms with Crippen molar-refractivity contribution in [2.45, 2.75) is 43.4 Å². The van der Waals surface area contributed by atoms with Crippen molar-refractivity contribution in [3.05, 3.63) is 35.4 Å². The molecule has 1 aromatic rings. The summed E-state index contributed by atoms with van der Waals surface area (Å²) in [5, 5.41) is 0. The van der Waals surface area contributed by atoms with Gasteiger partial charge in [0.1, 0.15) is 5.41 Å². The number of rotatable bonds is 3. The fourth-order valence-electron chi connectivity index (χ4n) is 3.27. The molecule has 2 aliphatic rings. The van der Waals surface area contributed by atoms with Crippen LogP contribution in [-0.2, 0) is 14.9 Å². The van der Waals surface area contributed by atoms with Gasteiger partial charge in [-0.05, 0) is 29.9 Å². The number of carbonyl (C=O) groups excluding carboxylic acids is 1. The van der Waals surface area contributed by atoms with E-state index in [-0.39, 0.29) is 5.91 Å². The summed E-state index contributed by atoms with van der Waals surface area (Å²) in [6.07, 6.45) is 6.64. The smallest absolute Gasteiger partial charge is 0.232 e. The Hall–Kier alpha value is -1.35. The summed E-state index contributed by atoms with van der Waals surface area (Å²) < 4.78 is 5.20. The molecule has 102 valence electrons. The summed E-state index contributed by atoms with van der Waals surface area (Å²) in [5.74, 6) is 0.425. The first-order valence-electron chi connectivity index (χ1n) is 7.20. The number of amides is 1. The highest BCUT2D eigenvalue weighted by Crippen LogP contribution is 2.36. The van der Waals surface area contributed by atoms with Crippen LogP contribution in [0.15, 0.2) is 24.3 Å². The summed E-state index contributed by atoms with van der Waals surface area (Å²) in [5.41, 5.74) is 7.36. The highest BCUT2D eigenvalue weighted by Gasteiger charge is 2.46. The Morgan fingerprint density at radius 2 is 1.74 bits per heavy atom. The molecule has 1 aliphatic heterocycles. The lowest BCUT2D eigenvalue weighted by molar-refractivity contribution is -0.141. The van der Waals surface area contributed by atoms with E-state index in [1.807, 2.05) is 0 Å². The lowest BCUT2D eigenvalue weighted by Gasteiger charge is -2.39. The molecule has 1 aliphatic carbocycles. The van der Waals surface area contributed by atoms with Gasteiger partial charge < -0.3 is 10.5 Å². The van der Waals surface area contributed by atoms with Crippen molar-refractivity contribution in [1.82, 2.24) is 0 Å². The number of hydrogen-bond acceptors (Lipinski definition) is 2. The third-order valence-corrected chi connectivity index (χ3v) is 4.71. The Balaban J connectivity index is 1.80. The number of nitrogens with two attached hydrogens (primary N) is 1. The molecule has 19 heavy (non-hydrogen) atoms. The largest absolute Gasteiger partial charge is 0.378 e. The fraction of sp³-hybridized carbons (Fsp3) is 0.562. The SMILES string of the molecule is NC(=O)C1(c2ccc(C3CCCCC3)cc2)COC1. The molecule has 3 nitrogen and oxygen atoms in total. The standard InChI is InChI=1S/C16H21NO2/c17-15(18)16(10-19-11-16)14-8-6-13(7-9-14)12-4-2-1-3-5-12/h6-9,12H,1-5,10-11H2,(H2,17,18). The number of hydrogen-bond donors (Lipinski definition) is 1. The molecule has 0 aromatic heterocycles. The van der Waals surface area contributed by atoms with E-state index >= 15 is 0 Å². The second-order valence-electron chi connectivity index (χ2n) is 5.90. The molecular weight excluding hydrogens is 238 g/mol. The van der Waals surface area contributed by atoms with Crippen LogP contribution in [0.25, 0.3) is 0 Å². The lowest BCUT2D eigenvalue weighted by Crippen LogP contribution is -2.56. The molecule has 0 radical (unpaired) electrons. The highest BCUT2D eigenvalue weighted by molar-refractivity contribution is 5.88. The summed E-state index contributed by atoms with van der Waals surface area (Å²) in [6.45, 7) is 0.843. The third kappa shape index (κ3) is 2.16. The van der Waals surface area contributed by atoms with E-state index in [1.165, 1.54) is 37.7 Å². The zero-order valence-electron chi connectivity index (χ0n) is 11.2. The van der Waals surface area contributed by atoms with Crippen LogP contribution in [0.2, 0.25) is 0 Å². The van der Waals surface area contributed by atoms with Crippen molar-refractivity contribution in [2.75, 3.05) is 13.2 Å². The molecule has 3 rings (SSSR count). The van der Waals surface area contributed by atoms with Gasteiger partial charge in [0.15, 0.2) is 0 Å². The van der Waals surface area contributed by atoms with Gasteiger partial charge in [0, 0.05) is 0 Å². The van der Waals surface area contributed by atoms with Gasteiger partial charge in [-0.2, -0.15) is 0 Å². The molecule has 3 heteroatoms. The van der Waals surface area contributed by atoms with Crippen molar-refractivity contribution < 1.29 is 9.53 Å². The summed E-state index contributed by atoms with van der Waals surface area (Å²) in [4.78, 5) is 11.6. The maximum absolute atomic E-state index is 11.6. The maximum atomic E-state index is 11.6. The Morgan fingerprint density at radius 1 is 1.11 bits per heavy atom. The van der Waals surface area contributed by atoms with Crippen LogP contribution < -0.4 is 5.73 Å². The second-order valence-corrected chi connectivity index (χ2v) is 5.90. The fourth-order valence-corrected chi connectivity index (χ4v) is 3.27. The molecule has 1 aromatic carbocycles. The molecular formula is C16H21NO2. The van der Waals surface area contributed by atoms with E-state index in [4.69, 9.17) is 10.5 Å². The van der Waals surface area contributed by atoms with Crippen molar-refractivity contribution in [2.24, 2.45) is 5.73 Å². The van der Waals surface area contributed by atoms with E-state index in [1.54, 1.807) is 0 Å². The lowest BCUT2D eigenvalue weighted by atomic mass is 9.76. The van der Waals surface area contributed by atoms with Gasteiger partial charge in [-0.25, -0.2) is 0 Å². The molecule has 0 bridgehead atoms. The molecule has 1 heterocycles. The normalized spacial score (nSPS) is 22.7. The predicted molar refractivity (Wildman–Crippen MR) is 74.0 cm³/mol. The molecule has 1 amide bonds. The van der Waals surface area contributed by atoms with Crippen LogP contribution in [0, 0.1) is 0 Å². The molecule has 1 saturated heterocycles. The van der Waals surface area contributed by atoms with Gasteiger partial charge in [0.05, 0.1) is 13.2 Å². The Kier molecular flexibility index (Phi) is 3.31. The second kappa shape index (κ2) is 4.97. The topological polar surface area (TPSA) is 52.3 Å². The van der Waals surface area contributed by atoms with Crippen LogP contribution in [0.4, 0.5) is 0 Å². The Bertz CT molecular complexity index is 456. The Labute approximate surface area is 114 Å². The van der Waals surface area contributed by atoms with E-state index < -0.39 is 5.41 Å². The third-order valence-electron chi connectivity index (χ3n) is 4.71. The molecule has 2 fully saturated rings. The van der Waals surface area contributed by atoms with Gasteiger partial charge in [-0.15, -0.1) is 0 Å². The monoisotopic (exact) mass is 259 g/mol. The van der Waals surface area contributed by atoms with E-state index in [2.05, 4.69) is 24.3 Å². The zero-order valence-corrected chi connectivity index (χ0v) is 11.2. The molecule has 0 spiro atoms. The van der Waals surface area contributed by atoms with Crippen LogP contribution in [-0.4, -0.2) is 19.1 Å². The van der Waals surface area contributed by atoms with Gasteiger partial charge in [-0.1, -0.05) is 43.5 Å². The number of ether oxygens (including phenoxy) is 1. The average Bonchev–Trinajstić information content (AvgIpc) is 2.39. The van der Waals surface area contributed by atoms with Gasteiger partial charge in [-0.3, -0.25) is 4.79 Å². The number of benzene rings is 1. The van der Waals surface area contributed by atoms with Gasteiger partial charge >= 0.3 is 0 Å². The Morgan fingerprint density at radius 3 is 2.21 bits per heavy atom. The summed E-state index contributed by atoms with van der Waals surface area (Å²) in [6, 6.07) is 8.48. The van der Waals surface area contributed by atoms with Crippen LogP contribution in [0.3, 0.4) is 0 Å². The minimum absolute atomic E-state index is 0.274. The molecule has 1 saturated carbocycles.